The Hall–Kier alpha value is -2.33. The maximum absolute atomic E-state index is 12.2. The van der Waals surface area contributed by atoms with Crippen LogP contribution in [0.4, 0.5) is 0 Å². The topological polar surface area (TPSA) is 110 Å². The zero-order valence-electron chi connectivity index (χ0n) is 13.9. The van der Waals surface area contributed by atoms with E-state index >= 15 is 0 Å². The van der Waals surface area contributed by atoms with Gasteiger partial charge in [0.25, 0.3) is 0 Å². The number of oxime groups is 1. The van der Waals surface area contributed by atoms with E-state index in [9.17, 15) is 13.2 Å². The summed E-state index contributed by atoms with van der Waals surface area (Å²) in [5.74, 6) is -0.196. The number of hydrogen-bond acceptors (Lipinski definition) is 9. The van der Waals surface area contributed by atoms with E-state index in [0.717, 1.165) is 6.26 Å². The van der Waals surface area contributed by atoms with Gasteiger partial charge in [0.2, 0.25) is 0 Å². The number of ether oxygens (including phenoxy) is 4. The minimum absolute atomic E-state index is 0.213. The molecule has 1 aromatic carbocycles. The first-order valence-electron chi connectivity index (χ1n) is 6.64. The van der Waals surface area contributed by atoms with E-state index in [2.05, 4.69) is 9.44 Å². The molecule has 0 aromatic heterocycles. The number of hydrogen-bond donors (Lipinski definition) is 0. The first-order chi connectivity index (χ1) is 11.2. The molecule has 0 aliphatic carbocycles. The van der Waals surface area contributed by atoms with Crippen molar-refractivity contribution in [2.45, 2.75) is 13.2 Å². The molecule has 0 amide bonds. The molecule has 1 unspecified atom stereocenters. The molecule has 0 aliphatic heterocycles. The molecule has 0 aliphatic rings. The predicted octanol–water partition coefficient (Wildman–Crippen LogP) is 0.920. The van der Waals surface area contributed by atoms with E-state index in [1.54, 1.807) is 0 Å². The van der Waals surface area contributed by atoms with Crippen molar-refractivity contribution in [3.63, 3.8) is 0 Å². The van der Waals surface area contributed by atoms with E-state index in [0.29, 0.717) is 11.5 Å². The van der Waals surface area contributed by atoms with Crippen LogP contribution in [-0.4, -0.2) is 54.0 Å². The van der Waals surface area contributed by atoms with Crippen molar-refractivity contribution in [3.05, 3.63) is 23.8 Å². The zero-order valence-corrected chi connectivity index (χ0v) is 14.7. The van der Waals surface area contributed by atoms with E-state index in [1.165, 1.54) is 46.5 Å². The molecule has 0 radical (unpaired) electrons. The fourth-order valence-electron chi connectivity index (χ4n) is 1.55. The average Bonchev–Trinajstić information content (AvgIpc) is 2.53. The van der Waals surface area contributed by atoms with Gasteiger partial charge in [-0.05, 0) is 25.1 Å². The lowest BCUT2D eigenvalue weighted by atomic mass is 10.1. The fraction of sp³-hybridized carbons (Fsp3) is 0.429. The Morgan fingerprint density at radius 1 is 1.12 bits per heavy atom. The van der Waals surface area contributed by atoms with Crippen LogP contribution in [0.2, 0.25) is 0 Å². The molecule has 9 nitrogen and oxygen atoms in total. The Morgan fingerprint density at radius 2 is 1.75 bits per heavy atom. The van der Waals surface area contributed by atoms with Gasteiger partial charge in [-0.1, -0.05) is 5.16 Å². The number of benzene rings is 1. The van der Waals surface area contributed by atoms with Crippen molar-refractivity contribution in [1.82, 2.24) is 0 Å². The molecule has 0 bridgehead atoms. The number of nitrogens with zero attached hydrogens (tertiary/aromatic N) is 1. The van der Waals surface area contributed by atoms with Crippen LogP contribution in [0.5, 0.6) is 11.5 Å². The van der Waals surface area contributed by atoms with E-state index in [1.807, 2.05) is 0 Å². The predicted molar refractivity (Wildman–Crippen MR) is 84.6 cm³/mol. The smallest absolute Gasteiger partial charge is 0.363 e. The highest BCUT2D eigenvalue weighted by molar-refractivity contribution is 7.85. The van der Waals surface area contributed by atoms with E-state index in [4.69, 9.17) is 18.9 Å². The first-order valence-corrected chi connectivity index (χ1v) is 8.46. The van der Waals surface area contributed by atoms with Crippen molar-refractivity contribution in [1.29, 1.82) is 0 Å². The molecule has 10 heteroatoms. The third-order valence-electron chi connectivity index (χ3n) is 2.72. The molecular weight excluding hydrogens is 342 g/mol. The molecule has 1 rings (SSSR count). The van der Waals surface area contributed by atoms with Crippen molar-refractivity contribution < 1.29 is 36.4 Å². The summed E-state index contributed by atoms with van der Waals surface area (Å²) < 4.78 is 46.7. The zero-order chi connectivity index (χ0) is 18.3. The van der Waals surface area contributed by atoms with Crippen molar-refractivity contribution >= 4 is 21.8 Å². The molecule has 0 saturated heterocycles. The number of rotatable bonds is 8. The number of carbonyl (C=O) groups excluding carboxylic acids is 1. The summed E-state index contributed by atoms with van der Waals surface area (Å²) in [6.45, 7) is 1.49. The highest BCUT2D eigenvalue weighted by Crippen LogP contribution is 2.28. The van der Waals surface area contributed by atoms with Gasteiger partial charge in [0.05, 0.1) is 20.5 Å². The van der Waals surface area contributed by atoms with Crippen LogP contribution in [0.1, 0.15) is 12.5 Å². The molecule has 0 fully saturated rings. The minimum atomic E-state index is -3.91. The van der Waals surface area contributed by atoms with Gasteiger partial charge in [0.15, 0.2) is 23.5 Å². The molecule has 134 valence electrons. The summed E-state index contributed by atoms with van der Waals surface area (Å²) >= 11 is 0. The molecule has 0 heterocycles. The van der Waals surface area contributed by atoms with Gasteiger partial charge in [-0.25, -0.2) is 4.79 Å². The monoisotopic (exact) mass is 361 g/mol. The lowest BCUT2D eigenvalue weighted by Gasteiger charge is -2.13. The van der Waals surface area contributed by atoms with Crippen molar-refractivity contribution in [2.75, 3.05) is 27.6 Å². The van der Waals surface area contributed by atoms with Crippen LogP contribution < -0.4 is 9.47 Å². The number of carbonyl (C=O) groups is 1. The second-order valence-corrected chi connectivity index (χ2v) is 6.05. The van der Waals surface area contributed by atoms with Gasteiger partial charge in [0, 0.05) is 12.7 Å². The summed E-state index contributed by atoms with van der Waals surface area (Å²) in [4.78, 5) is 12.2. The first kappa shape index (κ1) is 19.7. The molecule has 0 spiro atoms. The summed E-state index contributed by atoms with van der Waals surface area (Å²) in [5, 5.41) is 3.39. The Balaban J connectivity index is 3.29. The van der Waals surface area contributed by atoms with Gasteiger partial charge >= 0.3 is 16.1 Å². The molecule has 24 heavy (non-hydrogen) atoms. The third-order valence-corrected chi connectivity index (χ3v) is 3.06. The average molecular weight is 361 g/mol. The Kier molecular flexibility index (Phi) is 6.98. The molecule has 0 saturated carbocycles. The second kappa shape index (κ2) is 8.50. The Morgan fingerprint density at radius 3 is 2.25 bits per heavy atom. The normalized spacial score (nSPS) is 13.1. The number of methoxy groups -OCH3 is 3. The second-order valence-electron chi connectivity index (χ2n) is 4.50. The SMILES string of the molecule is COc1ccc(C(=NOS(C)(=O)=O)C(=O)OC(C)OC)cc1OC. The van der Waals surface area contributed by atoms with Crippen molar-refractivity contribution in [3.8, 4) is 11.5 Å². The Bertz CT molecular complexity index is 713. The molecule has 0 N–H and O–H groups in total. The summed E-state index contributed by atoms with van der Waals surface area (Å²) in [7, 11) is 0.305. The van der Waals surface area contributed by atoms with Gasteiger partial charge in [-0.3, -0.25) is 4.28 Å². The minimum Gasteiger partial charge on any atom is -0.493 e. The highest BCUT2D eigenvalue weighted by Gasteiger charge is 2.22. The fourth-order valence-corrected chi connectivity index (χ4v) is 1.76. The Labute approximate surface area is 140 Å². The summed E-state index contributed by atoms with van der Waals surface area (Å²) in [5.41, 5.74) is -0.158. The summed E-state index contributed by atoms with van der Waals surface area (Å²) in [6, 6.07) is 4.43. The van der Waals surface area contributed by atoms with Crippen LogP contribution in [-0.2, 0) is 28.7 Å². The molecule has 1 atom stereocenters. The van der Waals surface area contributed by atoms with Crippen molar-refractivity contribution in [2.24, 2.45) is 5.16 Å². The van der Waals surface area contributed by atoms with Crippen LogP contribution in [0.3, 0.4) is 0 Å². The quantitative estimate of drug-likeness (QED) is 0.291. The van der Waals surface area contributed by atoms with Gasteiger partial charge in [-0.15, -0.1) is 0 Å². The molecule has 1 aromatic rings. The lowest BCUT2D eigenvalue weighted by Crippen LogP contribution is -2.25. The van der Waals surface area contributed by atoms with Crippen LogP contribution in [0.25, 0.3) is 0 Å². The largest absolute Gasteiger partial charge is 0.493 e. The van der Waals surface area contributed by atoms with Gasteiger partial charge in [0.1, 0.15) is 0 Å². The maximum atomic E-state index is 12.2. The number of esters is 1. The van der Waals surface area contributed by atoms with Crippen LogP contribution in [0.15, 0.2) is 23.4 Å². The van der Waals surface area contributed by atoms with Crippen LogP contribution >= 0.6 is 0 Å². The standard InChI is InChI=1S/C14H19NO8S/c1-9(19-2)22-14(16)13(15-23-24(5,17)18)10-6-7-11(20-3)12(8-10)21-4/h6-9H,1-5H3. The third kappa shape index (κ3) is 5.70. The maximum Gasteiger partial charge on any atom is 0.363 e. The van der Waals surface area contributed by atoms with Gasteiger partial charge in [-0.2, -0.15) is 8.42 Å². The van der Waals surface area contributed by atoms with E-state index < -0.39 is 22.4 Å². The summed E-state index contributed by atoms with van der Waals surface area (Å²) in [6.07, 6.45) is -0.0627. The van der Waals surface area contributed by atoms with Gasteiger partial charge < -0.3 is 18.9 Å². The van der Waals surface area contributed by atoms with Crippen LogP contribution in [0, 0.1) is 0 Å². The highest BCUT2D eigenvalue weighted by atomic mass is 32.2. The lowest BCUT2D eigenvalue weighted by molar-refractivity contribution is -0.161. The molecular formula is C14H19NO8S. The van der Waals surface area contributed by atoms with E-state index in [-0.39, 0.29) is 11.3 Å².